The first-order chi connectivity index (χ1) is 18.3. The second-order valence-electron chi connectivity index (χ2n) is 10.2. The van der Waals surface area contributed by atoms with Gasteiger partial charge in [-0.2, -0.15) is 0 Å². The molecule has 2 aromatic rings. The van der Waals surface area contributed by atoms with Gasteiger partial charge < -0.3 is 37.5 Å². The molecule has 0 aliphatic rings. The first-order valence-corrected chi connectivity index (χ1v) is 13.1. The Balaban J connectivity index is 2.32. The van der Waals surface area contributed by atoms with Crippen molar-refractivity contribution in [2.24, 2.45) is 23.3 Å². The summed E-state index contributed by atoms with van der Waals surface area (Å²) in [5.74, 6) is -4.40. The molecule has 12 heteroatoms. The van der Waals surface area contributed by atoms with Gasteiger partial charge in [0.2, 0.25) is 23.6 Å². The molecule has 0 bridgehead atoms. The van der Waals surface area contributed by atoms with E-state index in [9.17, 15) is 29.1 Å². The lowest BCUT2D eigenvalue weighted by Gasteiger charge is -2.28. The normalized spacial score (nSPS) is 15.1. The van der Waals surface area contributed by atoms with Crippen LogP contribution in [-0.4, -0.2) is 63.9 Å². The summed E-state index contributed by atoms with van der Waals surface area (Å²) in [6.45, 7) is 6.95. The van der Waals surface area contributed by atoms with Gasteiger partial charge in [-0.15, -0.1) is 0 Å². The van der Waals surface area contributed by atoms with Crippen molar-refractivity contribution in [2.45, 2.75) is 77.5 Å². The number of nitrogens with two attached hydrogens (primary N) is 2. The van der Waals surface area contributed by atoms with Crippen LogP contribution in [0.4, 0.5) is 0 Å². The second kappa shape index (κ2) is 14.3. The van der Waals surface area contributed by atoms with Crippen LogP contribution in [-0.2, 0) is 30.4 Å². The molecule has 1 aromatic carbocycles. The number of carboxylic acid groups (broad SMARTS) is 1. The van der Waals surface area contributed by atoms with Gasteiger partial charge in [0.1, 0.15) is 18.1 Å². The first kappa shape index (κ1) is 31.3. The predicted octanol–water partition coefficient (Wildman–Crippen LogP) is 0.544. The van der Waals surface area contributed by atoms with Crippen LogP contribution < -0.4 is 27.4 Å². The van der Waals surface area contributed by atoms with Crippen LogP contribution >= 0.6 is 0 Å². The van der Waals surface area contributed by atoms with E-state index in [1.54, 1.807) is 27.0 Å². The summed E-state index contributed by atoms with van der Waals surface area (Å²) in [6.07, 6.45) is 2.26. The zero-order valence-electron chi connectivity index (χ0n) is 22.8. The topological polar surface area (TPSA) is 209 Å². The third-order valence-corrected chi connectivity index (χ3v) is 6.79. The Hall–Kier alpha value is -3.93. The Kier molecular flexibility index (Phi) is 11.5. The number of amides is 4. The van der Waals surface area contributed by atoms with Crippen molar-refractivity contribution >= 4 is 40.5 Å². The molecule has 214 valence electrons. The predicted molar refractivity (Wildman–Crippen MR) is 146 cm³/mol. The van der Waals surface area contributed by atoms with Gasteiger partial charge in [0.05, 0.1) is 6.04 Å². The molecule has 1 aromatic heterocycles. The van der Waals surface area contributed by atoms with Gasteiger partial charge in [-0.05, 0) is 29.9 Å². The van der Waals surface area contributed by atoms with Crippen molar-refractivity contribution in [1.29, 1.82) is 0 Å². The molecule has 0 aliphatic carbocycles. The molecule has 1 heterocycles. The smallest absolute Gasteiger partial charge is 0.326 e. The standard InChI is InChI=1S/C27H40N6O6/c1-5-15(4)23(26(37)32-22(14(2)3)27(38)39)33-25(36)20(31-24(35)18(28)10-11-21(29)34)12-16-13-30-19-9-7-6-8-17(16)19/h6-9,13-15,18,20,22-23,30H,5,10-12,28H2,1-4H3,(H2,29,34)(H,31,35)(H,32,37)(H,33,36)(H,38,39). The number of para-hydroxylation sites is 1. The largest absolute Gasteiger partial charge is 0.480 e. The molecule has 2 rings (SSSR count). The van der Waals surface area contributed by atoms with E-state index in [4.69, 9.17) is 11.5 Å². The van der Waals surface area contributed by atoms with Gasteiger partial charge in [-0.1, -0.05) is 52.3 Å². The maximum absolute atomic E-state index is 13.6. The van der Waals surface area contributed by atoms with Gasteiger partial charge in [-0.3, -0.25) is 19.2 Å². The van der Waals surface area contributed by atoms with E-state index in [1.165, 1.54) is 0 Å². The number of hydrogen-bond acceptors (Lipinski definition) is 6. The number of rotatable bonds is 15. The van der Waals surface area contributed by atoms with Crippen LogP contribution in [0.2, 0.25) is 0 Å². The van der Waals surface area contributed by atoms with Crippen LogP contribution in [0, 0.1) is 11.8 Å². The van der Waals surface area contributed by atoms with Crippen LogP contribution in [0.1, 0.15) is 52.5 Å². The average Bonchev–Trinajstić information content (AvgIpc) is 3.29. The summed E-state index contributed by atoms with van der Waals surface area (Å²) in [4.78, 5) is 65.5. The number of primary amides is 1. The fourth-order valence-electron chi connectivity index (χ4n) is 4.15. The number of aromatic nitrogens is 1. The fraction of sp³-hybridized carbons (Fsp3) is 0.519. The molecule has 39 heavy (non-hydrogen) atoms. The number of nitrogens with one attached hydrogen (secondary N) is 4. The van der Waals surface area contributed by atoms with Gasteiger partial charge in [0.15, 0.2) is 0 Å². The first-order valence-electron chi connectivity index (χ1n) is 13.1. The third kappa shape index (κ3) is 8.81. The summed E-state index contributed by atoms with van der Waals surface area (Å²) in [6, 6.07) is 3.10. The Bertz CT molecular complexity index is 1180. The van der Waals surface area contributed by atoms with Crippen molar-refractivity contribution in [3.63, 3.8) is 0 Å². The van der Waals surface area contributed by atoms with Crippen molar-refractivity contribution in [3.05, 3.63) is 36.0 Å². The molecule has 0 saturated heterocycles. The van der Waals surface area contributed by atoms with E-state index < -0.39 is 53.8 Å². The molecule has 9 N–H and O–H groups in total. The van der Waals surface area contributed by atoms with Gasteiger partial charge in [0.25, 0.3) is 0 Å². The summed E-state index contributed by atoms with van der Waals surface area (Å²) in [7, 11) is 0. The zero-order valence-corrected chi connectivity index (χ0v) is 22.8. The number of aromatic amines is 1. The number of carbonyl (C=O) groups excluding carboxylic acids is 4. The molecule has 0 spiro atoms. The summed E-state index contributed by atoms with van der Waals surface area (Å²) in [5, 5.41) is 18.3. The van der Waals surface area contributed by atoms with Crippen LogP contribution in [0.15, 0.2) is 30.5 Å². The highest BCUT2D eigenvalue weighted by Gasteiger charge is 2.34. The highest BCUT2D eigenvalue weighted by Crippen LogP contribution is 2.20. The minimum Gasteiger partial charge on any atom is -0.480 e. The minimum absolute atomic E-state index is 0.00622. The number of hydrogen-bond donors (Lipinski definition) is 7. The van der Waals surface area contributed by atoms with Gasteiger partial charge >= 0.3 is 5.97 Å². The Labute approximate surface area is 227 Å². The fourth-order valence-corrected chi connectivity index (χ4v) is 4.15. The van der Waals surface area contributed by atoms with Crippen LogP contribution in [0.3, 0.4) is 0 Å². The van der Waals surface area contributed by atoms with E-state index in [-0.39, 0.29) is 31.1 Å². The van der Waals surface area contributed by atoms with Gasteiger partial charge in [0, 0.05) is 29.9 Å². The minimum atomic E-state index is -1.18. The molecular formula is C27H40N6O6. The number of carbonyl (C=O) groups is 5. The average molecular weight is 545 g/mol. The van der Waals surface area contributed by atoms with Crippen molar-refractivity contribution in [1.82, 2.24) is 20.9 Å². The Morgan fingerprint density at radius 3 is 2.18 bits per heavy atom. The highest BCUT2D eigenvalue weighted by molar-refractivity contribution is 5.95. The summed E-state index contributed by atoms with van der Waals surface area (Å²) in [5.41, 5.74) is 12.7. The molecule has 0 fully saturated rings. The summed E-state index contributed by atoms with van der Waals surface area (Å²) < 4.78 is 0. The monoisotopic (exact) mass is 544 g/mol. The Morgan fingerprint density at radius 1 is 0.949 bits per heavy atom. The molecule has 0 aliphatic heterocycles. The van der Waals surface area contributed by atoms with E-state index in [1.807, 2.05) is 31.2 Å². The van der Waals surface area contributed by atoms with E-state index in [2.05, 4.69) is 20.9 Å². The molecular weight excluding hydrogens is 504 g/mol. The maximum atomic E-state index is 13.6. The van der Waals surface area contributed by atoms with Crippen molar-refractivity contribution in [2.75, 3.05) is 0 Å². The molecule has 4 amide bonds. The quantitative estimate of drug-likeness (QED) is 0.169. The number of carboxylic acids is 1. The molecule has 12 nitrogen and oxygen atoms in total. The van der Waals surface area contributed by atoms with Crippen molar-refractivity contribution in [3.8, 4) is 0 Å². The van der Waals surface area contributed by atoms with E-state index in [0.717, 1.165) is 16.5 Å². The van der Waals surface area contributed by atoms with Crippen molar-refractivity contribution < 1.29 is 29.1 Å². The molecule has 5 atom stereocenters. The van der Waals surface area contributed by atoms with E-state index in [0.29, 0.717) is 6.42 Å². The number of fused-ring (bicyclic) bond motifs is 1. The SMILES string of the molecule is CCC(C)C(NC(=O)C(Cc1c[nH]c2ccccc12)NC(=O)C(N)CCC(N)=O)C(=O)NC(C(=O)O)C(C)C. The summed E-state index contributed by atoms with van der Waals surface area (Å²) >= 11 is 0. The van der Waals surface area contributed by atoms with Crippen LogP contribution in [0.5, 0.6) is 0 Å². The number of H-pyrrole nitrogens is 1. The van der Waals surface area contributed by atoms with Crippen LogP contribution in [0.25, 0.3) is 10.9 Å². The van der Waals surface area contributed by atoms with Gasteiger partial charge in [-0.25, -0.2) is 4.79 Å². The third-order valence-electron chi connectivity index (χ3n) is 6.79. The second-order valence-corrected chi connectivity index (χ2v) is 10.2. The number of aliphatic carboxylic acids is 1. The molecule has 0 saturated carbocycles. The molecule has 0 radical (unpaired) electrons. The maximum Gasteiger partial charge on any atom is 0.326 e. The highest BCUT2D eigenvalue weighted by atomic mass is 16.4. The lowest BCUT2D eigenvalue weighted by molar-refractivity contribution is -0.144. The lowest BCUT2D eigenvalue weighted by Crippen LogP contribution is -2.59. The Morgan fingerprint density at radius 2 is 1.59 bits per heavy atom. The zero-order chi connectivity index (χ0) is 29.3. The molecule has 5 unspecified atom stereocenters. The van der Waals surface area contributed by atoms with E-state index >= 15 is 0 Å². The number of benzene rings is 1. The lowest BCUT2D eigenvalue weighted by atomic mass is 9.95.